The Morgan fingerprint density at radius 1 is 1.21 bits per heavy atom. The number of sulfonamides is 1. The van der Waals surface area contributed by atoms with Crippen molar-refractivity contribution in [2.24, 2.45) is 0 Å². The number of ether oxygens (including phenoxy) is 1. The van der Waals surface area contributed by atoms with E-state index in [2.05, 4.69) is 20.1 Å². The van der Waals surface area contributed by atoms with Crippen LogP contribution in [0.2, 0.25) is 0 Å². The number of hydroxylamine groups is 1. The molecule has 2 heterocycles. The van der Waals surface area contributed by atoms with Gasteiger partial charge in [-0.2, -0.15) is 0 Å². The van der Waals surface area contributed by atoms with E-state index in [1.54, 1.807) is 18.3 Å². The highest BCUT2D eigenvalue weighted by molar-refractivity contribution is 7.89. The molecule has 9 heteroatoms. The molecule has 0 amide bonds. The van der Waals surface area contributed by atoms with Crippen molar-refractivity contribution in [3.63, 3.8) is 0 Å². The zero-order valence-electron chi connectivity index (χ0n) is 18.4. The lowest BCUT2D eigenvalue weighted by Gasteiger charge is -2.33. The third-order valence-corrected chi connectivity index (χ3v) is 7.00. The number of benzene rings is 2. The minimum Gasteiger partial charge on any atom is -0.373 e. The Hall–Kier alpha value is -2.98. The second-order valence-electron chi connectivity index (χ2n) is 7.84. The molecule has 3 N–H and O–H groups in total. The molecule has 1 aromatic heterocycles. The summed E-state index contributed by atoms with van der Waals surface area (Å²) < 4.78 is 34.1. The van der Waals surface area contributed by atoms with E-state index in [-0.39, 0.29) is 17.5 Å². The van der Waals surface area contributed by atoms with Crippen LogP contribution in [0.3, 0.4) is 0 Å². The molecular formula is C24H28N4O4S. The van der Waals surface area contributed by atoms with Crippen LogP contribution in [0.1, 0.15) is 18.9 Å². The van der Waals surface area contributed by atoms with Crippen LogP contribution in [-0.2, 0) is 14.8 Å². The molecule has 4 rings (SSSR count). The molecule has 0 spiro atoms. The fourth-order valence-corrected chi connectivity index (χ4v) is 4.94. The first kappa shape index (κ1) is 23.2. The van der Waals surface area contributed by atoms with Crippen molar-refractivity contribution in [3.8, 4) is 0 Å². The van der Waals surface area contributed by atoms with E-state index in [1.165, 1.54) is 0 Å². The van der Waals surface area contributed by atoms with Crippen molar-refractivity contribution in [1.29, 1.82) is 0 Å². The van der Waals surface area contributed by atoms with E-state index in [0.29, 0.717) is 25.4 Å². The summed E-state index contributed by atoms with van der Waals surface area (Å²) in [5.41, 5.74) is 3.60. The molecule has 0 bridgehead atoms. The van der Waals surface area contributed by atoms with Gasteiger partial charge < -0.3 is 9.64 Å². The van der Waals surface area contributed by atoms with Crippen LogP contribution in [0.5, 0.6) is 0 Å². The van der Waals surface area contributed by atoms with Gasteiger partial charge in [0.2, 0.25) is 10.0 Å². The smallest absolute Gasteiger partial charge is 0.240 e. The van der Waals surface area contributed by atoms with Crippen LogP contribution in [0.15, 0.2) is 71.8 Å². The molecule has 1 unspecified atom stereocenters. The average Bonchev–Trinajstić information content (AvgIpc) is 2.86. The minimum absolute atomic E-state index is 0.168. The lowest BCUT2D eigenvalue weighted by Crippen LogP contribution is -2.47. The monoisotopic (exact) mass is 468 g/mol. The van der Waals surface area contributed by atoms with Crippen LogP contribution in [0.25, 0.3) is 16.5 Å². The SMILES string of the molecule is CC/C=C(\NO)c1ccc(N2CCOC(CNS(=O)(=O)c3ccc4ccccc4c3)C2)nc1. The largest absolute Gasteiger partial charge is 0.373 e. The number of allylic oxidation sites excluding steroid dienone is 1. The summed E-state index contributed by atoms with van der Waals surface area (Å²) in [6.07, 6.45) is 4.06. The zero-order chi connectivity index (χ0) is 23.3. The predicted molar refractivity (Wildman–Crippen MR) is 129 cm³/mol. The molecule has 1 saturated heterocycles. The van der Waals surface area contributed by atoms with Gasteiger partial charge in [-0.15, -0.1) is 0 Å². The summed E-state index contributed by atoms with van der Waals surface area (Å²) in [7, 11) is -3.66. The number of nitrogens with one attached hydrogen (secondary N) is 2. The number of pyridine rings is 1. The van der Waals surface area contributed by atoms with Crippen LogP contribution < -0.4 is 15.1 Å². The molecular weight excluding hydrogens is 440 g/mol. The summed E-state index contributed by atoms with van der Waals surface area (Å²) in [5, 5.41) is 11.2. The molecule has 2 aromatic carbocycles. The molecule has 1 aliphatic rings. The summed E-state index contributed by atoms with van der Waals surface area (Å²) in [5.74, 6) is 0.776. The number of hydrogen-bond acceptors (Lipinski definition) is 7. The average molecular weight is 469 g/mol. The fourth-order valence-electron chi connectivity index (χ4n) is 3.84. The van der Waals surface area contributed by atoms with Gasteiger partial charge in [-0.3, -0.25) is 10.7 Å². The van der Waals surface area contributed by atoms with Gasteiger partial charge in [-0.05, 0) is 41.5 Å². The predicted octanol–water partition coefficient (Wildman–Crippen LogP) is 3.15. The van der Waals surface area contributed by atoms with Crippen LogP contribution in [-0.4, -0.2) is 51.0 Å². The highest BCUT2D eigenvalue weighted by Gasteiger charge is 2.24. The second-order valence-corrected chi connectivity index (χ2v) is 9.61. The Morgan fingerprint density at radius 3 is 2.76 bits per heavy atom. The number of fused-ring (bicyclic) bond motifs is 1. The van der Waals surface area contributed by atoms with Crippen molar-refractivity contribution >= 4 is 32.3 Å². The second kappa shape index (κ2) is 10.3. The highest BCUT2D eigenvalue weighted by atomic mass is 32.2. The van der Waals surface area contributed by atoms with Gasteiger partial charge in [0.15, 0.2) is 0 Å². The Bertz CT molecular complexity index is 1230. The molecule has 0 aliphatic carbocycles. The first-order chi connectivity index (χ1) is 16.0. The van der Waals surface area contributed by atoms with Crippen molar-refractivity contribution in [2.45, 2.75) is 24.3 Å². The third-order valence-electron chi connectivity index (χ3n) is 5.58. The fraction of sp³-hybridized carbons (Fsp3) is 0.292. The van der Waals surface area contributed by atoms with Gasteiger partial charge in [-0.1, -0.05) is 43.3 Å². The number of aromatic nitrogens is 1. The Kier molecular flexibility index (Phi) is 7.24. The van der Waals surface area contributed by atoms with Crippen molar-refractivity contribution in [2.75, 3.05) is 31.1 Å². The quantitative estimate of drug-likeness (QED) is 0.436. The first-order valence-electron chi connectivity index (χ1n) is 10.9. The summed E-state index contributed by atoms with van der Waals surface area (Å²) in [6.45, 7) is 3.81. The Balaban J connectivity index is 1.40. The van der Waals surface area contributed by atoms with Crippen LogP contribution in [0, 0.1) is 0 Å². The molecule has 0 saturated carbocycles. The summed E-state index contributed by atoms with van der Waals surface area (Å²) >= 11 is 0. The van der Waals surface area contributed by atoms with Gasteiger partial charge in [0, 0.05) is 31.4 Å². The van der Waals surface area contributed by atoms with E-state index >= 15 is 0 Å². The third kappa shape index (κ3) is 5.51. The van der Waals surface area contributed by atoms with E-state index in [9.17, 15) is 13.6 Å². The number of morpholine rings is 1. The standard InChI is InChI=1S/C24H28N4O4S/c1-2-5-23(27-29)20-9-11-24(25-15-20)28-12-13-32-21(17-28)16-26-33(30,31)22-10-8-18-6-3-4-7-19(18)14-22/h3-11,14-15,21,26-27,29H,2,12-13,16-17H2,1H3/b23-5-. The number of nitrogens with zero attached hydrogens (tertiary/aromatic N) is 2. The first-order valence-corrected chi connectivity index (χ1v) is 12.4. The summed E-state index contributed by atoms with van der Waals surface area (Å²) in [4.78, 5) is 6.82. The molecule has 33 heavy (non-hydrogen) atoms. The van der Waals surface area contributed by atoms with Gasteiger partial charge in [0.1, 0.15) is 5.82 Å². The molecule has 0 radical (unpaired) electrons. The van der Waals surface area contributed by atoms with E-state index < -0.39 is 10.0 Å². The number of hydrogen-bond donors (Lipinski definition) is 3. The van der Waals surface area contributed by atoms with Crippen LogP contribution in [0.4, 0.5) is 5.82 Å². The number of rotatable bonds is 8. The maximum atomic E-state index is 12.8. The molecule has 1 aliphatic heterocycles. The molecule has 8 nitrogen and oxygen atoms in total. The van der Waals surface area contributed by atoms with Gasteiger partial charge in [0.05, 0.1) is 23.3 Å². The lowest BCUT2D eigenvalue weighted by molar-refractivity contribution is 0.0440. The Morgan fingerprint density at radius 2 is 2.03 bits per heavy atom. The molecule has 174 valence electrons. The Labute approximate surface area is 193 Å². The molecule has 3 aromatic rings. The lowest BCUT2D eigenvalue weighted by atomic mass is 10.1. The number of anilines is 1. The minimum atomic E-state index is -3.66. The summed E-state index contributed by atoms with van der Waals surface area (Å²) in [6, 6.07) is 16.5. The van der Waals surface area contributed by atoms with Gasteiger partial charge >= 0.3 is 0 Å². The van der Waals surface area contributed by atoms with Crippen molar-refractivity contribution in [1.82, 2.24) is 15.2 Å². The molecule has 1 atom stereocenters. The maximum absolute atomic E-state index is 12.8. The highest BCUT2D eigenvalue weighted by Crippen LogP contribution is 2.20. The normalized spacial score (nSPS) is 17.3. The van der Waals surface area contributed by atoms with Crippen molar-refractivity contribution < 1.29 is 18.4 Å². The zero-order valence-corrected chi connectivity index (χ0v) is 19.3. The molecule has 1 fully saturated rings. The van der Waals surface area contributed by atoms with Crippen LogP contribution >= 0.6 is 0 Å². The van der Waals surface area contributed by atoms with E-state index in [0.717, 1.165) is 28.6 Å². The van der Waals surface area contributed by atoms with E-state index in [4.69, 9.17) is 4.74 Å². The van der Waals surface area contributed by atoms with Gasteiger partial charge in [-0.25, -0.2) is 18.1 Å². The topological polar surface area (TPSA) is 104 Å². The van der Waals surface area contributed by atoms with Gasteiger partial charge in [0.25, 0.3) is 0 Å². The van der Waals surface area contributed by atoms with Crippen molar-refractivity contribution in [3.05, 3.63) is 72.4 Å². The maximum Gasteiger partial charge on any atom is 0.240 e. The van der Waals surface area contributed by atoms with E-state index in [1.807, 2.05) is 55.5 Å².